The molecule has 0 unspecified atom stereocenters. The van der Waals surface area contributed by atoms with Gasteiger partial charge in [0.05, 0.1) is 35.7 Å². The summed E-state index contributed by atoms with van der Waals surface area (Å²) in [7, 11) is -6.88. The number of anilines is 1. The molecule has 2 N–H and O–H groups in total. The molecule has 0 amide bonds. The van der Waals surface area contributed by atoms with Gasteiger partial charge in [0.15, 0.2) is 6.54 Å². The van der Waals surface area contributed by atoms with E-state index in [1.54, 1.807) is 33.7 Å². The van der Waals surface area contributed by atoms with Gasteiger partial charge in [0.1, 0.15) is 16.2 Å². The van der Waals surface area contributed by atoms with Gasteiger partial charge in [-0.25, -0.2) is 0 Å². The molecule has 0 bridgehead atoms. The number of thiazole rings is 1. The Morgan fingerprint density at radius 2 is 1.82 bits per heavy atom. The van der Waals surface area contributed by atoms with Crippen molar-refractivity contribution < 1.29 is 35.2 Å². The molecule has 0 saturated heterocycles. The molecule has 1 aliphatic heterocycles. The van der Waals surface area contributed by atoms with Gasteiger partial charge in [-0.05, 0) is 30.3 Å². The van der Waals surface area contributed by atoms with E-state index in [9.17, 15) is 25.9 Å². The molecule has 1 aliphatic rings. The minimum Gasteiger partial charge on any atom is -0.497 e. The van der Waals surface area contributed by atoms with E-state index in [1.165, 1.54) is 30.2 Å². The summed E-state index contributed by atoms with van der Waals surface area (Å²) in [5.41, 5.74) is 1.44. The molecule has 0 fully saturated rings. The summed E-state index contributed by atoms with van der Waals surface area (Å²) >= 11 is 8.97. The fraction of sp³-hybridized carbons (Fsp3) is 0.250. The van der Waals surface area contributed by atoms with Crippen LogP contribution in [0, 0.1) is 0 Å². The average Bonchev–Trinajstić information content (AvgIpc) is 3.25. The molecule has 9 nitrogen and oxygen atoms in total. The Balaban J connectivity index is 1.82. The van der Waals surface area contributed by atoms with E-state index in [1.807, 2.05) is 18.2 Å². The van der Waals surface area contributed by atoms with Gasteiger partial charge in [0, 0.05) is 16.5 Å². The predicted octanol–water partition coefficient (Wildman–Crippen LogP) is 3.54. The minimum absolute atomic E-state index is 0.000420. The molecule has 2 heterocycles. The van der Waals surface area contributed by atoms with Crippen molar-refractivity contribution in [3.8, 4) is 5.75 Å². The van der Waals surface area contributed by atoms with Crippen LogP contribution in [0.25, 0.3) is 16.3 Å². The van der Waals surface area contributed by atoms with Gasteiger partial charge in [-0.15, -0.1) is 0 Å². The normalized spacial score (nSPS) is 15.3. The Bertz CT molecular complexity index is 1500. The number of ether oxygens (including phenoxy) is 1. The van der Waals surface area contributed by atoms with Crippen molar-refractivity contribution in [1.29, 1.82) is 0 Å². The van der Waals surface area contributed by atoms with E-state index in [0.29, 0.717) is 26.5 Å². The lowest BCUT2D eigenvalue weighted by molar-refractivity contribution is -0.664. The topological polar surface area (TPSA) is 125 Å². The van der Waals surface area contributed by atoms with E-state index < -0.39 is 31.7 Å². The average molecular weight is 564 g/mol. The van der Waals surface area contributed by atoms with E-state index in [-0.39, 0.29) is 13.1 Å². The Kier molecular flexibility index (Phi) is 7.16. The molecule has 0 radical (unpaired) electrons. The second-order valence-corrected chi connectivity index (χ2v) is 13.1. The molecule has 34 heavy (non-hydrogen) atoms. The van der Waals surface area contributed by atoms with Gasteiger partial charge in [-0.3, -0.25) is 9.11 Å². The highest BCUT2D eigenvalue weighted by molar-refractivity contribution is 8.04. The molecule has 0 spiro atoms. The molecule has 2 aromatic carbocycles. The number of nitrogens with zero attached hydrogens (tertiary/aromatic N) is 2. The van der Waals surface area contributed by atoms with Gasteiger partial charge < -0.3 is 9.64 Å². The van der Waals surface area contributed by atoms with Gasteiger partial charge in [-0.1, -0.05) is 34.7 Å². The van der Waals surface area contributed by atoms with Crippen LogP contribution in [0.5, 0.6) is 5.75 Å². The van der Waals surface area contributed by atoms with Crippen LogP contribution in [0.3, 0.4) is 0 Å². The lowest BCUT2D eigenvalue weighted by Crippen LogP contribution is -2.38. The van der Waals surface area contributed by atoms with Gasteiger partial charge in [0.2, 0.25) is 5.52 Å². The summed E-state index contributed by atoms with van der Waals surface area (Å²) < 4.78 is 72.3. The Labute approximate surface area is 210 Å². The number of rotatable bonds is 8. The summed E-state index contributed by atoms with van der Waals surface area (Å²) in [5, 5.41) is 1.85. The van der Waals surface area contributed by atoms with E-state index in [4.69, 9.17) is 16.3 Å². The quantitative estimate of drug-likeness (QED) is 0.312. The SMILES string of the molecule is COc1ccc2sc(C=C3Sc4ccc(Cl)cc4N3CCS(=O)(=O)O)[n+](CCS(=O)(=O)O)c2c1. The molecule has 4 rings (SSSR count). The zero-order chi connectivity index (χ0) is 24.7. The number of hydrogen-bond acceptors (Lipinski definition) is 8. The Morgan fingerprint density at radius 3 is 2.50 bits per heavy atom. The number of aryl methyl sites for hydroxylation is 1. The van der Waals surface area contributed by atoms with Crippen LogP contribution in [0.4, 0.5) is 5.69 Å². The third-order valence-corrected chi connectivity index (χ3v) is 8.88. The lowest BCUT2D eigenvalue weighted by atomic mass is 10.3. The van der Waals surface area contributed by atoms with Crippen LogP contribution in [-0.4, -0.2) is 51.1 Å². The molecule has 1 aromatic heterocycles. The predicted molar refractivity (Wildman–Crippen MR) is 134 cm³/mol. The maximum atomic E-state index is 11.5. The van der Waals surface area contributed by atoms with Crippen LogP contribution >= 0.6 is 34.7 Å². The number of fused-ring (bicyclic) bond motifs is 2. The molecule has 182 valence electrons. The summed E-state index contributed by atoms with van der Waals surface area (Å²) in [6.07, 6.45) is 1.82. The van der Waals surface area contributed by atoms with Crippen molar-refractivity contribution in [2.75, 3.05) is 30.1 Å². The molecule has 0 saturated carbocycles. The van der Waals surface area contributed by atoms with Crippen molar-refractivity contribution >= 4 is 76.9 Å². The highest BCUT2D eigenvalue weighted by atomic mass is 35.5. The number of aromatic nitrogens is 1. The molecule has 14 heteroatoms. The van der Waals surface area contributed by atoms with E-state index >= 15 is 0 Å². The zero-order valence-corrected chi connectivity index (χ0v) is 21.7. The number of hydrogen-bond donors (Lipinski definition) is 2. The smallest absolute Gasteiger partial charge is 0.271 e. The third kappa shape index (κ3) is 5.85. The van der Waals surface area contributed by atoms with Crippen LogP contribution in [0.15, 0.2) is 46.3 Å². The molecular weight excluding hydrogens is 544 g/mol. The first-order valence-corrected chi connectivity index (χ1v) is 15.0. The van der Waals surface area contributed by atoms with Crippen molar-refractivity contribution in [3.05, 3.63) is 51.5 Å². The van der Waals surface area contributed by atoms with Crippen LogP contribution in [-0.2, 0) is 26.8 Å². The molecule has 0 atom stereocenters. The second kappa shape index (κ2) is 9.64. The Hall–Kier alpha value is -1.87. The number of thioether (sulfide) groups is 1. The number of methoxy groups -OCH3 is 1. The van der Waals surface area contributed by atoms with E-state index in [2.05, 4.69) is 0 Å². The van der Waals surface area contributed by atoms with Crippen molar-refractivity contribution in [1.82, 2.24) is 0 Å². The monoisotopic (exact) mass is 563 g/mol. The zero-order valence-electron chi connectivity index (χ0n) is 17.7. The second-order valence-electron chi connectivity index (χ2n) is 7.35. The number of benzene rings is 2. The summed E-state index contributed by atoms with van der Waals surface area (Å²) in [6, 6.07) is 10.7. The van der Waals surface area contributed by atoms with Crippen molar-refractivity contribution in [3.63, 3.8) is 0 Å². The molecule has 0 aliphatic carbocycles. The van der Waals surface area contributed by atoms with Crippen molar-refractivity contribution in [2.45, 2.75) is 11.4 Å². The first-order chi connectivity index (χ1) is 15.9. The van der Waals surface area contributed by atoms with Crippen LogP contribution < -0.4 is 14.2 Å². The standard InChI is InChI=1S/C20H19ClN2O7S4/c1-30-14-3-5-18-16(11-14)23(7-9-34(27,28)29)20(32-18)12-19-22(6-8-33(24,25)26)15-10-13(21)2-4-17(15)31-19/h2-5,10-12H,6-9H2,1H3,(H-,24,25,26,27,28,29)/p+1. The maximum absolute atomic E-state index is 11.5. The molecular formula is C20H20ClN2O7S4+. The first kappa shape index (κ1) is 25.2. The summed E-state index contributed by atoms with van der Waals surface area (Å²) in [4.78, 5) is 2.61. The highest BCUT2D eigenvalue weighted by Gasteiger charge is 2.29. The number of halogens is 1. The fourth-order valence-corrected chi connectivity index (χ4v) is 6.76. The lowest BCUT2D eigenvalue weighted by Gasteiger charge is -2.19. The van der Waals surface area contributed by atoms with Crippen LogP contribution in [0.2, 0.25) is 5.02 Å². The summed E-state index contributed by atoms with van der Waals surface area (Å²) in [6.45, 7) is -0.00563. The van der Waals surface area contributed by atoms with Gasteiger partial charge in [0.25, 0.3) is 25.2 Å². The largest absolute Gasteiger partial charge is 0.497 e. The minimum atomic E-state index is -4.21. The fourth-order valence-electron chi connectivity index (χ4n) is 3.48. The first-order valence-electron chi connectivity index (χ1n) is 9.81. The van der Waals surface area contributed by atoms with Crippen molar-refractivity contribution in [2.24, 2.45) is 0 Å². The third-order valence-electron chi connectivity index (χ3n) is 5.02. The Morgan fingerprint density at radius 1 is 1.09 bits per heavy atom. The van der Waals surface area contributed by atoms with Gasteiger partial charge in [-0.2, -0.15) is 21.4 Å². The highest BCUT2D eigenvalue weighted by Crippen LogP contribution is 2.47. The van der Waals surface area contributed by atoms with Gasteiger partial charge >= 0.3 is 0 Å². The summed E-state index contributed by atoms with van der Waals surface area (Å²) in [5.74, 6) is -0.368. The maximum Gasteiger partial charge on any atom is 0.271 e. The van der Waals surface area contributed by atoms with E-state index in [0.717, 1.165) is 15.1 Å². The van der Waals surface area contributed by atoms with Crippen LogP contribution in [0.1, 0.15) is 5.01 Å². The molecule has 3 aromatic rings.